The smallest absolute Gasteiger partial charge is 0.269 e. The SMILES string of the molecule is CCOc1ccc(C(=O)NCC(=O)NNC(=O)c2ccc(CSc3ccc(Cl)cc3)cc2)cc1. The first kappa shape index (κ1) is 25.1. The van der Waals surface area contributed by atoms with Crippen molar-refractivity contribution in [1.82, 2.24) is 16.2 Å². The standard InChI is InChI=1S/C25H24ClN3O4S/c1-2-33-21-11-7-18(8-12-21)24(31)27-15-23(30)28-29-25(32)19-5-3-17(4-6-19)16-34-22-13-9-20(26)10-14-22/h3-14H,2,15-16H2,1H3,(H,27,31)(H,28,30)(H,29,32). The summed E-state index contributed by atoms with van der Waals surface area (Å²) < 4.78 is 5.33. The molecule has 0 saturated heterocycles. The summed E-state index contributed by atoms with van der Waals surface area (Å²) >= 11 is 7.56. The number of thioether (sulfide) groups is 1. The van der Waals surface area contributed by atoms with E-state index >= 15 is 0 Å². The van der Waals surface area contributed by atoms with Crippen LogP contribution in [0.15, 0.2) is 77.7 Å². The van der Waals surface area contributed by atoms with E-state index < -0.39 is 17.7 Å². The third kappa shape index (κ3) is 7.83. The monoisotopic (exact) mass is 497 g/mol. The van der Waals surface area contributed by atoms with Gasteiger partial charge in [-0.15, -0.1) is 11.8 Å². The van der Waals surface area contributed by atoms with Crippen LogP contribution in [0.4, 0.5) is 0 Å². The second-order valence-electron chi connectivity index (χ2n) is 7.08. The van der Waals surface area contributed by atoms with Crippen molar-refractivity contribution < 1.29 is 19.1 Å². The van der Waals surface area contributed by atoms with Crippen LogP contribution < -0.4 is 20.9 Å². The zero-order valence-electron chi connectivity index (χ0n) is 18.5. The number of halogens is 1. The number of amides is 3. The molecule has 0 aliphatic rings. The van der Waals surface area contributed by atoms with Crippen LogP contribution >= 0.6 is 23.4 Å². The minimum Gasteiger partial charge on any atom is -0.494 e. The van der Waals surface area contributed by atoms with E-state index in [2.05, 4.69) is 16.2 Å². The molecule has 0 aromatic heterocycles. The minimum atomic E-state index is -0.552. The average Bonchev–Trinajstić information content (AvgIpc) is 2.86. The molecule has 0 aliphatic carbocycles. The van der Waals surface area contributed by atoms with Crippen molar-refractivity contribution in [1.29, 1.82) is 0 Å². The number of carbonyl (C=O) groups excluding carboxylic acids is 3. The Hall–Kier alpha value is -3.49. The lowest BCUT2D eigenvalue weighted by molar-refractivity contribution is -0.120. The highest BCUT2D eigenvalue weighted by molar-refractivity contribution is 7.98. The zero-order valence-corrected chi connectivity index (χ0v) is 20.0. The van der Waals surface area contributed by atoms with Crippen molar-refractivity contribution in [3.8, 4) is 5.75 Å². The first-order valence-corrected chi connectivity index (χ1v) is 11.9. The highest BCUT2D eigenvalue weighted by Crippen LogP contribution is 2.24. The number of rotatable bonds is 9. The molecule has 0 bridgehead atoms. The lowest BCUT2D eigenvalue weighted by Crippen LogP contribution is -2.46. The van der Waals surface area contributed by atoms with Crippen LogP contribution in [0.25, 0.3) is 0 Å². The molecule has 0 aliphatic heterocycles. The molecule has 3 N–H and O–H groups in total. The summed E-state index contributed by atoms with van der Waals surface area (Å²) in [5, 5.41) is 3.20. The van der Waals surface area contributed by atoms with E-state index in [1.807, 2.05) is 43.3 Å². The molecule has 0 atom stereocenters. The molecule has 3 aromatic carbocycles. The van der Waals surface area contributed by atoms with Gasteiger partial charge < -0.3 is 10.1 Å². The van der Waals surface area contributed by atoms with Crippen molar-refractivity contribution in [2.45, 2.75) is 17.6 Å². The molecule has 3 amide bonds. The highest BCUT2D eigenvalue weighted by atomic mass is 35.5. The van der Waals surface area contributed by atoms with Gasteiger partial charge in [0.1, 0.15) is 5.75 Å². The van der Waals surface area contributed by atoms with Crippen molar-refractivity contribution in [3.05, 3.63) is 94.5 Å². The van der Waals surface area contributed by atoms with Crippen LogP contribution in [0.3, 0.4) is 0 Å². The topological polar surface area (TPSA) is 96.5 Å². The molecular weight excluding hydrogens is 474 g/mol. The van der Waals surface area contributed by atoms with Crippen LogP contribution in [0.1, 0.15) is 33.2 Å². The van der Waals surface area contributed by atoms with Gasteiger partial charge in [0.15, 0.2) is 0 Å². The minimum absolute atomic E-state index is 0.285. The molecular formula is C25H24ClN3O4S. The Balaban J connectivity index is 1.39. The number of carbonyl (C=O) groups is 3. The molecule has 3 aromatic rings. The van der Waals surface area contributed by atoms with E-state index in [0.717, 1.165) is 16.2 Å². The average molecular weight is 498 g/mol. The lowest BCUT2D eigenvalue weighted by Gasteiger charge is -2.09. The van der Waals surface area contributed by atoms with Crippen molar-refractivity contribution in [2.75, 3.05) is 13.2 Å². The van der Waals surface area contributed by atoms with Gasteiger partial charge in [-0.1, -0.05) is 23.7 Å². The fourth-order valence-corrected chi connectivity index (χ4v) is 3.80. The van der Waals surface area contributed by atoms with Crippen LogP contribution in [-0.2, 0) is 10.5 Å². The number of hydrogen-bond donors (Lipinski definition) is 3. The van der Waals surface area contributed by atoms with E-state index in [9.17, 15) is 14.4 Å². The lowest BCUT2D eigenvalue weighted by atomic mass is 10.1. The molecule has 9 heteroatoms. The first-order valence-electron chi connectivity index (χ1n) is 10.5. The number of hydrogen-bond acceptors (Lipinski definition) is 5. The van der Waals surface area contributed by atoms with Gasteiger partial charge in [0, 0.05) is 26.8 Å². The molecule has 3 rings (SSSR count). The van der Waals surface area contributed by atoms with Crippen LogP contribution in [-0.4, -0.2) is 30.9 Å². The van der Waals surface area contributed by atoms with Gasteiger partial charge in [-0.2, -0.15) is 0 Å². The van der Waals surface area contributed by atoms with E-state index in [-0.39, 0.29) is 6.54 Å². The summed E-state index contributed by atoms with van der Waals surface area (Å²) in [4.78, 5) is 37.5. The maximum Gasteiger partial charge on any atom is 0.269 e. The fourth-order valence-electron chi connectivity index (χ4n) is 2.82. The maximum absolute atomic E-state index is 12.3. The summed E-state index contributed by atoms with van der Waals surface area (Å²) in [6.07, 6.45) is 0. The number of ether oxygens (including phenoxy) is 1. The number of benzene rings is 3. The normalized spacial score (nSPS) is 10.3. The van der Waals surface area contributed by atoms with Crippen LogP contribution in [0, 0.1) is 0 Å². The third-order valence-corrected chi connectivity index (χ3v) is 5.92. The Morgan fingerprint density at radius 1 is 0.824 bits per heavy atom. The van der Waals surface area contributed by atoms with Crippen molar-refractivity contribution in [2.24, 2.45) is 0 Å². The maximum atomic E-state index is 12.3. The van der Waals surface area contributed by atoms with Gasteiger partial charge in [0.25, 0.3) is 17.7 Å². The summed E-state index contributed by atoms with van der Waals surface area (Å²) in [6.45, 7) is 2.12. The van der Waals surface area contributed by atoms with Crippen LogP contribution in [0.5, 0.6) is 5.75 Å². The predicted octanol–water partition coefficient (Wildman–Crippen LogP) is 4.22. The Bertz CT molecular complexity index is 1120. The van der Waals surface area contributed by atoms with Gasteiger partial charge in [0.2, 0.25) is 0 Å². The zero-order chi connectivity index (χ0) is 24.3. The summed E-state index contributed by atoms with van der Waals surface area (Å²) in [7, 11) is 0. The van der Waals surface area contributed by atoms with E-state index in [0.29, 0.717) is 28.5 Å². The Labute approximate surface area is 207 Å². The number of hydrazine groups is 1. The third-order valence-electron chi connectivity index (χ3n) is 4.59. The molecule has 0 spiro atoms. The molecule has 176 valence electrons. The van der Waals surface area contributed by atoms with Gasteiger partial charge in [-0.25, -0.2) is 0 Å². The molecule has 0 unspecified atom stereocenters. The molecule has 7 nitrogen and oxygen atoms in total. The molecule has 0 radical (unpaired) electrons. The molecule has 0 fully saturated rings. The Morgan fingerprint density at radius 3 is 2.09 bits per heavy atom. The van der Waals surface area contributed by atoms with Gasteiger partial charge in [-0.3, -0.25) is 25.2 Å². The van der Waals surface area contributed by atoms with E-state index in [1.54, 1.807) is 48.2 Å². The fraction of sp³-hybridized carbons (Fsp3) is 0.160. The molecule has 0 heterocycles. The van der Waals surface area contributed by atoms with E-state index in [4.69, 9.17) is 16.3 Å². The van der Waals surface area contributed by atoms with Crippen molar-refractivity contribution >= 4 is 41.1 Å². The second kappa shape index (κ2) is 12.7. The summed E-state index contributed by atoms with van der Waals surface area (Å²) in [6, 6.07) is 21.3. The Kier molecular flexibility index (Phi) is 9.37. The second-order valence-corrected chi connectivity index (χ2v) is 8.57. The first-order chi connectivity index (χ1) is 16.4. The molecule has 0 saturated carbocycles. The van der Waals surface area contributed by atoms with Crippen LogP contribution in [0.2, 0.25) is 5.02 Å². The number of nitrogens with one attached hydrogen (secondary N) is 3. The van der Waals surface area contributed by atoms with Gasteiger partial charge >= 0.3 is 0 Å². The largest absolute Gasteiger partial charge is 0.494 e. The van der Waals surface area contributed by atoms with Crippen molar-refractivity contribution in [3.63, 3.8) is 0 Å². The quantitative estimate of drug-likeness (QED) is 0.304. The highest BCUT2D eigenvalue weighted by Gasteiger charge is 2.10. The summed E-state index contributed by atoms with van der Waals surface area (Å²) in [5.41, 5.74) is 6.49. The molecule has 34 heavy (non-hydrogen) atoms. The van der Waals surface area contributed by atoms with E-state index in [1.165, 1.54) is 0 Å². The Morgan fingerprint density at radius 2 is 1.44 bits per heavy atom. The summed E-state index contributed by atoms with van der Waals surface area (Å²) in [5.74, 6) is -0.00920. The van der Waals surface area contributed by atoms with Gasteiger partial charge in [-0.05, 0) is 73.2 Å². The predicted molar refractivity (Wildman–Crippen MR) is 133 cm³/mol. The van der Waals surface area contributed by atoms with Gasteiger partial charge in [0.05, 0.1) is 13.2 Å².